The minimum atomic E-state index is -0.436. The van der Waals surface area contributed by atoms with Crippen molar-refractivity contribution in [3.63, 3.8) is 0 Å². The Morgan fingerprint density at radius 1 is 1.40 bits per heavy atom. The van der Waals surface area contributed by atoms with Gasteiger partial charge in [0, 0.05) is 36.8 Å². The van der Waals surface area contributed by atoms with Crippen molar-refractivity contribution in [2.45, 2.75) is 19.8 Å². The Hall–Kier alpha value is -2.11. The van der Waals surface area contributed by atoms with Gasteiger partial charge in [-0.05, 0) is 25.3 Å². The number of methoxy groups -OCH3 is 1. The maximum absolute atomic E-state index is 11.0. The van der Waals surface area contributed by atoms with Crippen LogP contribution in [0.15, 0.2) is 12.1 Å². The number of piperidine rings is 1. The lowest BCUT2D eigenvalue weighted by Gasteiger charge is -2.32. The third-order valence-electron chi connectivity index (χ3n) is 3.77. The number of aldehydes is 1. The maximum Gasteiger partial charge on any atom is 0.311 e. The highest BCUT2D eigenvalue weighted by Gasteiger charge is 2.23. The van der Waals surface area contributed by atoms with Gasteiger partial charge in [0.05, 0.1) is 12.0 Å². The van der Waals surface area contributed by atoms with Gasteiger partial charge in [-0.2, -0.15) is 0 Å². The van der Waals surface area contributed by atoms with Crippen LogP contribution < -0.4 is 9.64 Å². The molecule has 0 bridgehead atoms. The van der Waals surface area contributed by atoms with E-state index in [0.29, 0.717) is 0 Å². The SMILES string of the molecule is COc1cc(N2CCC(C=O)CC2)c(C)cc1[N+](=O)[O-]. The summed E-state index contributed by atoms with van der Waals surface area (Å²) in [5, 5.41) is 11.0. The van der Waals surface area contributed by atoms with Gasteiger partial charge >= 0.3 is 5.69 Å². The Morgan fingerprint density at radius 3 is 2.55 bits per heavy atom. The van der Waals surface area contributed by atoms with Crippen molar-refractivity contribution < 1.29 is 14.5 Å². The summed E-state index contributed by atoms with van der Waals surface area (Å²) in [7, 11) is 1.43. The molecule has 6 heteroatoms. The van der Waals surface area contributed by atoms with Crippen molar-refractivity contribution in [1.82, 2.24) is 0 Å². The second kappa shape index (κ2) is 5.90. The number of hydrogen-bond donors (Lipinski definition) is 0. The van der Waals surface area contributed by atoms with Crippen LogP contribution in [0.1, 0.15) is 18.4 Å². The van der Waals surface area contributed by atoms with Crippen molar-refractivity contribution in [3.8, 4) is 5.75 Å². The highest BCUT2D eigenvalue weighted by molar-refractivity contribution is 5.64. The van der Waals surface area contributed by atoms with Crippen molar-refractivity contribution in [1.29, 1.82) is 0 Å². The lowest BCUT2D eigenvalue weighted by Crippen LogP contribution is -2.34. The number of hydrogen-bond acceptors (Lipinski definition) is 5. The van der Waals surface area contributed by atoms with E-state index in [1.54, 1.807) is 12.1 Å². The first-order chi connectivity index (χ1) is 9.56. The fourth-order valence-electron chi connectivity index (χ4n) is 2.59. The van der Waals surface area contributed by atoms with Crippen LogP contribution in [0.2, 0.25) is 0 Å². The first-order valence-electron chi connectivity index (χ1n) is 6.60. The van der Waals surface area contributed by atoms with Crippen LogP contribution in [-0.2, 0) is 4.79 Å². The molecule has 0 radical (unpaired) electrons. The summed E-state index contributed by atoms with van der Waals surface area (Å²) in [6.07, 6.45) is 2.66. The molecule has 2 rings (SSSR count). The Labute approximate surface area is 117 Å². The second-order valence-corrected chi connectivity index (χ2v) is 5.03. The highest BCUT2D eigenvalue weighted by Crippen LogP contribution is 2.35. The monoisotopic (exact) mass is 278 g/mol. The number of ether oxygens (including phenoxy) is 1. The van der Waals surface area contributed by atoms with Gasteiger partial charge in [0.25, 0.3) is 0 Å². The van der Waals surface area contributed by atoms with Crippen LogP contribution in [0.3, 0.4) is 0 Å². The van der Waals surface area contributed by atoms with Crippen molar-refractivity contribution in [2.24, 2.45) is 5.92 Å². The minimum absolute atomic E-state index is 0.0171. The number of carbonyl (C=O) groups is 1. The number of carbonyl (C=O) groups excluding carboxylic acids is 1. The van der Waals surface area contributed by atoms with E-state index in [2.05, 4.69) is 4.90 Å². The molecule has 0 aliphatic carbocycles. The van der Waals surface area contributed by atoms with Crippen molar-refractivity contribution in [2.75, 3.05) is 25.1 Å². The smallest absolute Gasteiger partial charge is 0.311 e. The third-order valence-corrected chi connectivity index (χ3v) is 3.77. The molecule has 0 unspecified atom stereocenters. The van der Waals surface area contributed by atoms with E-state index >= 15 is 0 Å². The number of nitro groups is 1. The van der Waals surface area contributed by atoms with Gasteiger partial charge in [-0.25, -0.2) is 0 Å². The van der Waals surface area contributed by atoms with Crippen molar-refractivity contribution >= 4 is 17.7 Å². The molecule has 1 aliphatic heterocycles. The lowest BCUT2D eigenvalue weighted by atomic mass is 9.97. The summed E-state index contributed by atoms with van der Waals surface area (Å²) in [5.41, 5.74) is 1.77. The predicted molar refractivity (Wildman–Crippen MR) is 75.4 cm³/mol. The summed E-state index contributed by atoms with van der Waals surface area (Å²) in [6, 6.07) is 3.26. The molecule has 0 N–H and O–H groups in total. The predicted octanol–water partition coefficient (Wildman–Crippen LogP) is 2.33. The number of benzene rings is 1. The van der Waals surface area contributed by atoms with Gasteiger partial charge in [-0.15, -0.1) is 0 Å². The summed E-state index contributed by atoms with van der Waals surface area (Å²) in [5.74, 6) is 0.402. The summed E-state index contributed by atoms with van der Waals surface area (Å²) >= 11 is 0. The number of rotatable bonds is 4. The summed E-state index contributed by atoms with van der Waals surface area (Å²) in [4.78, 5) is 23.5. The lowest BCUT2D eigenvalue weighted by molar-refractivity contribution is -0.385. The molecule has 20 heavy (non-hydrogen) atoms. The number of anilines is 1. The zero-order chi connectivity index (χ0) is 14.7. The molecule has 1 aromatic carbocycles. The van der Waals surface area contributed by atoms with E-state index < -0.39 is 4.92 Å². The van der Waals surface area contributed by atoms with E-state index in [9.17, 15) is 14.9 Å². The van der Waals surface area contributed by atoms with Gasteiger partial charge in [-0.1, -0.05) is 0 Å². The third kappa shape index (κ3) is 2.74. The van der Waals surface area contributed by atoms with Crippen molar-refractivity contribution in [3.05, 3.63) is 27.8 Å². The molecule has 0 atom stereocenters. The molecule has 6 nitrogen and oxygen atoms in total. The molecular weight excluding hydrogens is 260 g/mol. The van der Waals surface area contributed by atoms with Crippen LogP contribution in [0, 0.1) is 23.0 Å². The first-order valence-corrected chi connectivity index (χ1v) is 6.60. The summed E-state index contributed by atoms with van der Waals surface area (Å²) in [6.45, 7) is 3.42. The molecule has 1 fully saturated rings. The largest absolute Gasteiger partial charge is 0.490 e. The molecule has 1 aliphatic rings. The van der Waals surface area contributed by atoms with Crippen LogP contribution >= 0.6 is 0 Å². The van der Waals surface area contributed by atoms with E-state index in [4.69, 9.17) is 4.74 Å². The minimum Gasteiger partial charge on any atom is -0.490 e. The van der Waals surface area contributed by atoms with Crippen LogP contribution in [-0.4, -0.2) is 31.4 Å². The first kappa shape index (κ1) is 14.3. The molecule has 1 saturated heterocycles. The zero-order valence-corrected chi connectivity index (χ0v) is 11.7. The molecule has 0 aromatic heterocycles. The zero-order valence-electron chi connectivity index (χ0n) is 11.7. The van der Waals surface area contributed by atoms with Gasteiger partial charge in [0.2, 0.25) is 0 Å². The Bertz CT molecular complexity index is 522. The topological polar surface area (TPSA) is 72.7 Å². The number of aryl methyl sites for hydroxylation is 1. The van der Waals surface area contributed by atoms with Gasteiger partial charge in [0.15, 0.2) is 5.75 Å². The molecule has 108 valence electrons. The molecule has 0 spiro atoms. The molecule has 1 heterocycles. The average molecular weight is 278 g/mol. The fourth-order valence-corrected chi connectivity index (χ4v) is 2.59. The van der Waals surface area contributed by atoms with Crippen LogP contribution in [0.4, 0.5) is 11.4 Å². The molecule has 0 saturated carbocycles. The van der Waals surface area contributed by atoms with Crippen LogP contribution in [0.25, 0.3) is 0 Å². The van der Waals surface area contributed by atoms with E-state index in [1.165, 1.54) is 7.11 Å². The van der Waals surface area contributed by atoms with E-state index in [-0.39, 0.29) is 17.4 Å². The highest BCUT2D eigenvalue weighted by atomic mass is 16.6. The normalized spacial score (nSPS) is 16.0. The van der Waals surface area contributed by atoms with Gasteiger partial charge in [0.1, 0.15) is 6.29 Å². The number of nitrogens with zero attached hydrogens (tertiary/aromatic N) is 2. The van der Waals surface area contributed by atoms with Crippen LogP contribution in [0.5, 0.6) is 5.75 Å². The molecular formula is C14H18N2O4. The Balaban J connectivity index is 2.28. The second-order valence-electron chi connectivity index (χ2n) is 5.03. The van der Waals surface area contributed by atoms with E-state index in [1.807, 2.05) is 6.92 Å². The fraction of sp³-hybridized carbons (Fsp3) is 0.500. The number of nitro benzene ring substituents is 1. The quantitative estimate of drug-likeness (QED) is 0.480. The standard InChI is InChI=1S/C14H18N2O4/c1-10-7-13(16(18)19)14(20-2)8-12(10)15-5-3-11(9-17)4-6-15/h7-9,11H,3-6H2,1-2H3. The average Bonchev–Trinajstić information content (AvgIpc) is 2.47. The molecule has 1 aromatic rings. The van der Waals surface area contributed by atoms with Gasteiger partial charge in [-0.3, -0.25) is 10.1 Å². The molecule has 0 amide bonds. The van der Waals surface area contributed by atoms with Gasteiger partial charge < -0.3 is 14.4 Å². The van der Waals surface area contributed by atoms with E-state index in [0.717, 1.165) is 43.5 Å². The maximum atomic E-state index is 11.0. The summed E-state index contributed by atoms with van der Waals surface area (Å²) < 4.78 is 5.11. The Morgan fingerprint density at radius 2 is 2.05 bits per heavy atom. The Kier molecular flexibility index (Phi) is 4.22.